The molecule has 42 heavy (non-hydrogen) atoms. The van der Waals surface area contributed by atoms with E-state index in [-0.39, 0.29) is 29.2 Å². The number of rotatable bonds is 10. The van der Waals surface area contributed by atoms with E-state index >= 15 is 0 Å². The van der Waals surface area contributed by atoms with Crippen molar-refractivity contribution in [1.29, 1.82) is 0 Å². The lowest BCUT2D eigenvalue weighted by Gasteiger charge is -2.36. The highest BCUT2D eigenvalue weighted by Gasteiger charge is 2.40. The third-order valence-electron chi connectivity index (χ3n) is 7.81. The Morgan fingerprint density at radius 3 is 2.02 bits per heavy atom. The molecule has 0 spiro atoms. The van der Waals surface area contributed by atoms with Gasteiger partial charge in [-0.05, 0) is 59.9 Å². The second-order valence-electron chi connectivity index (χ2n) is 11.0. The van der Waals surface area contributed by atoms with Gasteiger partial charge < -0.3 is 15.5 Å². The van der Waals surface area contributed by atoms with Crippen molar-refractivity contribution in [3.8, 4) is 16.9 Å². The number of sulfone groups is 2. The van der Waals surface area contributed by atoms with Gasteiger partial charge in [0.2, 0.25) is 0 Å². The Morgan fingerprint density at radius 1 is 0.929 bits per heavy atom. The largest absolute Gasteiger partial charge is 0.507 e. The number of hydrogen-bond donors (Lipinski definition) is 3. The second kappa shape index (κ2) is 12.4. The number of carbonyl (C=O) groups excluding carboxylic acids is 1. The normalized spacial score (nSPS) is 16.7. The van der Waals surface area contributed by atoms with Crippen LogP contribution in [0.1, 0.15) is 35.7 Å². The predicted octanol–water partition coefficient (Wildman–Crippen LogP) is 3.49. The molecule has 0 bridgehead atoms. The lowest BCUT2D eigenvalue weighted by Crippen LogP contribution is -2.51. The number of nitrogens with zero attached hydrogens (tertiary/aromatic N) is 1. The summed E-state index contributed by atoms with van der Waals surface area (Å²) in [6, 6.07) is 20.7. The van der Waals surface area contributed by atoms with Crippen molar-refractivity contribution in [2.24, 2.45) is 0 Å². The molecule has 2 unspecified atom stereocenters. The minimum Gasteiger partial charge on any atom is -0.507 e. The van der Waals surface area contributed by atoms with E-state index in [4.69, 9.17) is 0 Å². The fraction of sp³-hybridized carbons (Fsp3) is 0.323. The van der Waals surface area contributed by atoms with Crippen molar-refractivity contribution < 1.29 is 31.8 Å². The lowest BCUT2D eigenvalue weighted by atomic mass is 9.96. The summed E-state index contributed by atoms with van der Waals surface area (Å²) in [5, 5.41) is 23.6. The molecule has 0 radical (unpaired) electrons. The predicted molar refractivity (Wildman–Crippen MR) is 163 cm³/mol. The molecule has 3 aromatic rings. The van der Waals surface area contributed by atoms with Crippen LogP contribution in [0.2, 0.25) is 0 Å². The van der Waals surface area contributed by atoms with E-state index in [1.54, 1.807) is 41.3 Å². The smallest absolute Gasteiger partial charge is 0.255 e. The van der Waals surface area contributed by atoms with Crippen LogP contribution in [0.25, 0.3) is 16.7 Å². The highest BCUT2D eigenvalue weighted by Crippen LogP contribution is 2.29. The highest BCUT2D eigenvalue weighted by molar-refractivity contribution is 7.92. The summed E-state index contributed by atoms with van der Waals surface area (Å²) in [7, 11) is -6.94. The van der Waals surface area contributed by atoms with Crippen LogP contribution in [0.3, 0.4) is 0 Å². The molecule has 1 amide bonds. The van der Waals surface area contributed by atoms with Crippen molar-refractivity contribution >= 4 is 31.2 Å². The van der Waals surface area contributed by atoms with Crippen LogP contribution in [-0.2, 0) is 19.7 Å². The first kappa shape index (κ1) is 31.4. The minimum absolute atomic E-state index is 0.0421. The standard InChI is InChI=1S/C31H36N2O7S2/c1-31(42(3,39)40,21-32-30(36)27-6-4-5-7-28(27)34)20-29(35)33-18-16-25(17-19-33)23-10-8-22(9-11-23)24-12-14-26(15-13-24)41(2,37)38/h4-16,29,34-35H,17-21H2,1-3H3,(H,32,36). The first-order valence-corrected chi connectivity index (χ1v) is 17.2. The summed E-state index contributed by atoms with van der Waals surface area (Å²) in [5.74, 6) is -0.801. The Balaban J connectivity index is 1.39. The number of aliphatic hydroxyl groups is 1. The molecule has 2 atom stereocenters. The van der Waals surface area contributed by atoms with E-state index in [0.717, 1.165) is 28.5 Å². The van der Waals surface area contributed by atoms with Crippen LogP contribution in [0.5, 0.6) is 5.75 Å². The lowest BCUT2D eigenvalue weighted by molar-refractivity contribution is -0.00246. The number of benzene rings is 3. The topological polar surface area (TPSA) is 141 Å². The molecule has 0 saturated carbocycles. The first-order valence-electron chi connectivity index (χ1n) is 13.5. The zero-order valence-corrected chi connectivity index (χ0v) is 25.5. The maximum atomic E-state index is 12.7. The number of aromatic hydroxyl groups is 1. The molecule has 0 fully saturated rings. The zero-order chi connectivity index (χ0) is 30.7. The third-order valence-corrected chi connectivity index (χ3v) is 11.0. The summed E-state index contributed by atoms with van der Waals surface area (Å²) in [6.07, 6.45) is 3.77. The fourth-order valence-electron chi connectivity index (χ4n) is 4.89. The Labute approximate surface area is 247 Å². The Bertz CT molecular complexity index is 1680. The number of amides is 1. The average Bonchev–Trinajstić information content (AvgIpc) is 2.95. The highest BCUT2D eigenvalue weighted by atomic mass is 32.2. The van der Waals surface area contributed by atoms with Gasteiger partial charge in [-0.1, -0.05) is 54.6 Å². The van der Waals surface area contributed by atoms with Crippen LogP contribution in [-0.4, -0.2) is 81.0 Å². The van der Waals surface area contributed by atoms with E-state index in [1.165, 1.54) is 25.3 Å². The van der Waals surface area contributed by atoms with Gasteiger partial charge in [0, 0.05) is 38.6 Å². The zero-order valence-electron chi connectivity index (χ0n) is 23.8. The Hall–Kier alpha value is -3.51. The van der Waals surface area contributed by atoms with Crippen LogP contribution < -0.4 is 5.32 Å². The Kier molecular flexibility index (Phi) is 9.27. The maximum Gasteiger partial charge on any atom is 0.255 e. The molecule has 1 aliphatic rings. The minimum atomic E-state index is -3.69. The van der Waals surface area contributed by atoms with Crippen LogP contribution >= 0.6 is 0 Å². The van der Waals surface area contributed by atoms with Gasteiger partial charge in [-0.3, -0.25) is 9.69 Å². The molecule has 1 aliphatic heterocycles. The number of carbonyl (C=O) groups is 1. The second-order valence-corrected chi connectivity index (χ2v) is 15.5. The van der Waals surface area contributed by atoms with Crippen LogP contribution in [0, 0.1) is 0 Å². The van der Waals surface area contributed by atoms with Gasteiger partial charge in [-0.15, -0.1) is 0 Å². The number of phenols is 1. The summed E-state index contributed by atoms with van der Waals surface area (Å²) in [6.45, 7) is 2.22. The molecule has 11 heteroatoms. The van der Waals surface area contributed by atoms with Gasteiger partial charge in [-0.25, -0.2) is 16.8 Å². The van der Waals surface area contributed by atoms with Gasteiger partial charge in [0.25, 0.3) is 5.91 Å². The molecule has 0 aliphatic carbocycles. The van der Waals surface area contributed by atoms with Crippen LogP contribution in [0.15, 0.2) is 83.8 Å². The maximum absolute atomic E-state index is 12.7. The fourth-order valence-corrected chi connectivity index (χ4v) is 6.30. The molecule has 3 aromatic carbocycles. The number of hydrogen-bond acceptors (Lipinski definition) is 8. The molecule has 9 nitrogen and oxygen atoms in total. The van der Waals surface area contributed by atoms with Gasteiger partial charge in [0.1, 0.15) is 12.0 Å². The molecule has 0 saturated heterocycles. The first-order chi connectivity index (χ1) is 19.7. The third kappa shape index (κ3) is 7.27. The number of aliphatic hydroxyl groups excluding tert-OH is 1. The summed E-state index contributed by atoms with van der Waals surface area (Å²) in [5.41, 5.74) is 4.06. The molecule has 0 aromatic heterocycles. The quantitative estimate of drug-likeness (QED) is 0.316. The van der Waals surface area contributed by atoms with E-state index < -0.39 is 36.6 Å². The SMILES string of the molecule is CC(CNC(=O)c1ccccc1O)(CC(O)N1CC=C(c2ccc(-c3ccc(S(C)(=O)=O)cc3)cc2)CC1)S(C)(=O)=O. The van der Waals surface area contributed by atoms with Crippen molar-refractivity contribution in [3.63, 3.8) is 0 Å². The van der Waals surface area contributed by atoms with E-state index in [9.17, 15) is 31.8 Å². The Morgan fingerprint density at radius 2 is 1.50 bits per heavy atom. The van der Waals surface area contributed by atoms with Crippen molar-refractivity contribution in [1.82, 2.24) is 10.2 Å². The van der Waals surface area contributed by atoms with Crippen molar-refractivity contribution in [2.75, 3.05) is 32.1 Å². The molecule has 3 N–H and O–H groups in total. The number of nitrogens with one attached hydrogen (secondary N) is 1. The molecule has 4 rings (SSSR count). The number of phenolic OH excluding ortho intramolecular Hbond substituents is 1. The van der Waals surface area contributed by atoms with Crippen LogP contribution in [0.4, 0.5) is 0 Å². The summed E-state index contributed by atoms with van der Waals surface area (Å²) in [4.78, 5) is 14.7. The average molecular weight is 613 g/mol. The summed E-state index contributed by atoms with van der Waals surface area (Å²) >= 11 is 0. The molecule has 1 heterocycles. The van der Waals surface area contributed by atoms with E-state index in [0.29, 0.717) is 19.5 Å². The molecular weight excluding hydrogens is 576 g/mol. The monoisotopic (exact) mass is 612 g/mol. The molecule has 224 valence electrons. The number of para-hydroxylation sites is 1. The van der Waals surface area contributed by atoms with Gasteiger partial charge in [0.15, 0.2) is 19.7 Å². The van der Waals surface area contributed by atoms with Crippen molar-refractivity contribution in [3.05, 3.63) is 90.0 Å². The van der Waals surface area contributed by atoms with Gasteiger partial charge in [-0.2, -0.15) is 0 Å². The summed E-state index contributed by atoms with van der Waals surface area (Å²) < 4.78 is 47.5. The van der Waals surface area contributed by atoms with Crippen molar-refractivity contribution in [2.45, 2.75) is 35.6 Å². The van der Waals surface area contributed by atoms with E-state index in [2.05, 4.69) is 5.32 Å². The van der Waals surface area contributed by atoms with E-state index in [1.807, 2.05) is 30.3 Å². The molecular formula is C31H36N2O7S2. The van der Waals surface area contributed by atoms with Gasteiger partial charge in [0.05, 0.1) is 15.2 Å². The van der Waals surface area contributed by atoms with Gasteiger partial charge >= 0.3 is 0 Å².